The van der Waals surface area contributed by atoms with Crippen LogP contribution in [0.4, 0.5) is 4.39 Å². The maximum atomic E-state index is 13.8. The molecule has 2 rings (SSSR count). The van der Waals surface area contributed by atoms with Crippen LogP contribution in [0.3, 0.4) is 0 Å². The summed E-state index contributed by atoms with van der Waals surface area (Å²) < 4.78 is 15.2. The third-order valence-corrected chi connectivity index (χ3v) is 2.48. The normalized spacial score (nSPS) is 10.1. The van der Waals surface area contributed by atoms with E-state index in [1.54, 1.807) is 13.0 Å². The zero-order valence-electron chi connectivity index (χ0n) is 9.51. The highest BCUT2D eigenvalue weighted by atomic mass is 19.1. The van der Waals surface area contributed by atoms with Gasteiger partial charge in [-0.2, -0.15) is 0 Å². The van der Waals surface area contributed by atoms with E-state index in [2.05, 4.69) is 10.9 Å². The van der Waals surface area contributed by atoms with Gasteiger partial charge in [0.05, 0.1) is 5.69 Å². The fourth-order valence-corrected chi connectivity index (χ4v) is 1.61. The smallest absolute Gasteiger partial charge is 0.356 e. The zero-order valence-corrected chi connectivity index (χ0v) is 9.51. The van der Waals surface area contributed by atoms with Crippen molar-refractivity contribution in [2.45, 2.75) is 6.92 Å². The van der Waals surface area contributed by atoms with Crippen LogP contribution < -0.4 is 0 Å². The summed E-state index contributed by atoms with van der Waals surface area (Å²) in [5.41, 5.74) is 0.506. The highest BCUT2D eigenvalue weighted by Crippen LogP contribution is 2.17. The second kappa shape index (κ2) is 4.34. The monoisotopic (exact) mass is 244 g/mol. The van der Waals surface area contributed by atoms with Crippen LogP contribution in [0.1, 0.15) is 21.9 Å². The van der Waals surface area contributed by atoms with E-state index in [1.807, 2.05) is 0 Å². The standard InChI is InChI=1S/C13H9FN2O2/c1-3-9-4-5-12(10(14)6-9)16-7-11(13(17)18)15-8(16)2/h1,4-7H,2H3,(H,17,18). The number of aryl methyl sites for hydroxylation is 1. The van der Waals surface area contributed by atoms with Gasteiger partial charge < -0.3 is 9.67 Å². The lowest BCUT2D eigenvalue weighted by Gasteiger charge is -2.06. The second-order valence-electron chi connectivity index (χ2n) is 3.66. The van der Waals surface area contributed by atoms with Crippen LogP contribution in [0.15, 0.2) is 24.4 Å². The lowest BCUT2D eigenvalue weighted by molar-refractivity contribution is 0.0691. The molecule has 18 heavy (non-hydrogen) atoms. The fraction of sp³-hybridized carbons (Fsp3) is 0.0769. The summed E-state index contributed by atoms with van der Waals surface area (Å²) in [5, 5.41) is 8.82. The Bertz CT molecular complexity index is 668. The van der Waals surface area contributed by atoms with Crippen molar-refractivity contribution in [1.82, 2.24) is 9.55 Å². The lowest BCUT2D eigenvalue weighted by Crippen LogP contribution is -1.99. The molecule has 4 nitrogen and oxygen atoms in total. The summed E-state index contributed by atoms with van der Waals surface area (Å²) in [4.78, 5) is 14.6. The van der Waals surface area contributed by atoms with Crippen molar-refractivity contribution in [1.29, 1.82) is 0 Å². The van der Waals surface area contributed by atoms with Crippen molar-refractivity contribution in [3.05, 3.63) is 47.3 Å². The molecule has 2 aromatic rings. The highest BCUT2D eigenvalue weighted by molar-refractivity contribution is 5.85. The molecule has 0 radical (unpaired) electrons. The Morgan fingerprint density at radius 1 is 1.56 bits per heavy atom. The molecule has 1 aromatic heterocycles. The number of rotatable bonds is 2. The molecule has 1 heterocycles. The topological polar surface area (TPSA) is 55.1 Å². The number of carbonyl (C=O) groups is 1. The number of nitrogens with zero attached hydrogens (tertiary/aromatic N) is 2. The largest absolute Gasteiger partial charge is 0.476 e. The van der Waals surface area contributed by atoms with Gasteiger partial charge in [-0.25, -0.2) is 14.2 Å². The molecule has 0 aliphatic rings. The third-order valence-electron chi connectivity index (χ3n) is 2.48. The lowest BCUT2D eigenvalue weighted by atomic mass is 10.2. The van der Waals surface area contributed by atoms with Crippen molar-refractivity contribution < 1.29 is 14.3 Å². The minimum absolute atomic E-state index is 0.132. The van der Waals surface area contributed by atoms with Crippen LogP contribution in [0, 0.1) is 25.1 Å². The summed E-state index contributed by atoms with van der Waals surface area (Å²) in [5.74, 6) is 1.03. The molecule has 5 heteroatoms. The molecule has 0 fully saturated rings. The maximum absolute atomic E-state index is 13.8. The Morgan fingerprint density at radius 3 is 2.78 bits per heavy atom. The third kappa shape index (κ3) is 1.96. The predicted molar refractivity (Wildman–Crippen MR) is 63.2 cm³/mol. The van der Waals surface area contributed by atoms with E-state index >= 15 is 0 Å². The second-order valence-corrected chi connectivity index (χ2v) is 3.66. The fourth-order valence-electron chi connectivity index (χ4n) is 1.61. The molecular formula is C13H9FN2O2. The summed E-state index contributed by atoms with van der Waals surface area (Å²) in [6, 6.07) is 4.29. The summed E-state index contributed by atoms with van der Waals surface area (Å²) in [6.07, 6.45) is 6.44. The van der Waals surface area contributed by atoms with Crippen LogP contribution in [0.5, 0.6) is 0 Å². The number of carboxylic acid groups (broad SMARTS) is 1. The first-order chi connectivity index (χ1) is 8.52. The Balaban J connectivity index is 2.56. The van der Waals surface area contributed by atoms with Gasteiger partial charge in [0.15, 0.2) is 5.69 Å². The van der Waals surface area contributed by atoms with Crippen LogP contribution in [-0.4, -0.2) is 20.6 Å². The number of hydrogen-bond acceptors (Lipinski definition) is 2. The van der Waals surface area contributed by atoms with Gasteiger partial charge >= 0.3 is 5.97 Å². The molecule has 0 unspecified atom stereocenters. The molecule has 90 valence electrons. The predicted octanol–water partition coefficient (Wildman–Crippen LogP) is 2.00. The Kier molecular flexibility index (Phi) is 2.86. The number of benzene rings is 1. The van der Waals surface area contributed by atoms with E-state index in [1.165, 1.54) is 22.9 Å². The van der Waals surface area contributed by atoms with Crippen LogP contribution in [0.25, 0.3) is 5.69 Å². The molecule has 0 atom stereocenters. The number of aromatic carboxylic acids is 1. The highest BCUT2D eigenvalue weighted by Gasteiger charge is 2.14. The molecule has 0 spiro atoms. The maximum Gasteiger partial charge on any atom is 0.356 e. The van der Waals surface area contributed by atoms with E-state index in [4.69, 9.17) is 11.5 Å². The average Bonchev–Trinajstić information content (AvgIpc) is 2.71. The van der Waals surface area contributed by atoms with Gasteiger partial charge in [0.2, 0.25) is 0 Å². The summed E-state index contributed by atoms with van der Waals surface area (Å²) in [7, 11) is 0. The summed E-state index contributed by atoms with van der Waals surface area (Å²) >= 11 is 0. The molecule has 1 N–H and O–H groups in total. The molecule has 0 aliphatic carbocycles. The van der Waals surface area contributed by atoms with E-state index in [0.29, 0.717) is 11.4 Å². The molecular weight excluding hydrogens is 235 g/mol. The van der Waals surface area contributed by atoms with E-state index in [-0.39, 0.29) is 11.4 Å². The Hall–Kier alpha value is -2.61. The van der Waals surface area contributed by atoms with Gasteiger partial charge in [-0.15, -0.1) is 6.42 Å². The van der Waals surface area contributed by atoms with Gasteiger partial charge in [-0.05, 0) is 25.1 Å². The van der Waals surface area contributed by atoms with E-state index in [9.17, 15) is 9.18 Å². The molecule has 0 saturated heterocycles. The number of hydrogen-bond donors (Lipinski definition) is 1. The first-order valence-corrected chi connectivity index (χ1v) is 5.08. The number of carboxylic acids is 1. The molecule has 0 saturated carbocycles. The van der Waals surface area contributed by atoms with Crippen molar-refractivity contribution >= 4 is 5.97 Å². The van der Waals surface area contributed by atoms with Gasteiger partial charge in [0.1, 0.15) is 11.6 Å². The van der Waals surface area contributed by atoms with Crippen LogP contribution in [-0.2, 0) is 0 Å². The molecule has 0 aliphatic heterocycles. The summed E-state index contributed by atoms with van der Waals surface area (Å²) in [6.45, 7) is 1.60. The first-order valence-electron chi connectivity index (χ1n) is 5.08. The Labute approximate surface area is 103 Å². The molecule has 0 bridgehead atoms. The SMILES string of the molecule is C#Cc1ccc(-n2cc(C(=O)O)nc2C)c(F)c1. The quantitative estimate of drug-likeness (QED) is 0.822. The van der Waals surface area contributed by atoms with Gasteiger partial charge in [-0.3, -0.25) is 0 Å². The first kappa shape index (κ1) is 11.9. The Morgan fingerprint density at radius 2 is 2.28 bits per heavy atom. The molecule has 0 amide bonds. The van der Waals surface area contributed by atoms with Crippen molar-refractivity contribution in [2.75, 3.05) is 0 Å². The number of imidazole rings is 1. The van der Waals surface area contributed by atoms with Gasteiger partial charge in [0.25, 0.3) is 0 Å². The number of halogens is 1. The number of aromatic nitrogens is 2. The minimum atomic E-state index is -1.16. The molecule has 1 aromatic carbocycles. The van der Waals surface area contributed by atoms with Gasteiger partial charge in [0, 0.05) is 11.8 Å². The van der Waals surface area contributed by atoms with Crippen LogP contribution >= 0.6 is 0 Å². The van der Waals surface area contributed by atoms with E-state index < -0.39 is 11.8 Å². The minimum Gasteiger partial charge on any atom is -0.476 e. The van der Waals surface area contributed by atoms with E-state index in [0.717, 1.165) is 0 Å². The average molecular weight is 244 g/mol. The zero-order chi connectivity index (χ0) is 13.3. The van der Waals surface area contributed by atoms with Crippen molar-refractivity contribution in [3.63, 3.8) is 0 Å². The van der Waals surface area contributed by atoms with Crippen molar-refractivity contribution in [3.8, 4) is 18.0 Å². The number of terminal acetylenes is 1. The van der Waals surface area contributed by atoms with Crippen molar-refractivity contribution in [2.24, 2.45) is 0 Å². The van der Waals surface area contributed by atoms with Crippen LogP contribution in [0.2, 0.25) is 0 Å². The van der Waals surface area contributed by atoms with Gasteiger partial charge in [-0.1, -0.05) is 5.92 Å².